The first-order chi connectivity index (χ1) is 8.54. The number of hydrogen-bond acceptors (Lipinski definition) is 4. The maximum atomic E-state index is 10.4. The summed E-state index contributed by atoms with van der Waals surface area (Å²) in [6.07, 6.45) is -1.42. The van der Waals surface area contributed by atoms with E-state index in [4.69, 9.17) is 10.2 Å². The largest absolute Gasteiger partial charge is 0.481 e. The minimum atomic E-state index is -1.04. The smallest absolute Gasteiger partial charge is 0.303 e. The molecule has 100 valence electrons. The second-order valence-corrected chi connectivity index (χ2v) is 4.16. The third-order valence-corrected chi connectivity index (χ3v) is 2.74. The topological polar surface area (TPSA) is 98.0 Å². The third-order valence-electron chi connectivity index (χ3n) is 2.74. The minimum absolute atomic E-state index is 0.0645. The van der Waals surface area contributed by atoms with Crippen molar-refractivity contribution in [2.45, 2.75) is 31.5 Å². The molecule has 0 radical (unpaired) electrons. The molecule has 4 N–H and O–H groups in total. The molecule has 0 spiro atoms. The van der Waals surface area contributed by atoms with E-state index >= 15 is 0 Å². The average Bonchev–Trinajstić information content (AvgIpc) is 2.36. The Morgan fingerprint density at radius 1 is 1.17 bits per heavy atom. The van der Waals surface area contributed by atoms with E-state index < -0.39 is 18.2 Å². The summed E-state index contributed by atoms with van der Waals surface area (Å²) in [7, 11) is 0. The van der Waals surface area contributed by atoms with Crippen molar-refractivity contribution in [1.29, 1.82) is 0 Å². The molecule has 1 aromatic carbocycles. The lowest BCUT2D eigenvalue weighted by Crippen LogP contribution is -2.19. The number of benzene rings is 1. The molecule has 0 amide bonds. The van der Waals surface area contributed by atoms with Crippen LogP contribution in [0.1, 0.15) is 30.1 Å². The minimum Gasteiger partial charge on any atom is -0.481 e. The van der Waals surface area contributed by atoms with Crippen molar-refractivity contribution in [3.05, 3.63) is 35.4 Å². The van der Waals surface area contributed by atoms with Crippen LogP contribution in [0.5, 0.6) is 0 Å². The molecule has 0 aromatic heterocycles. The van der Waals surface area contributed by atoms with Crippen LogP contribution in [0.25, 0.3) is 0 Å². The SMILES string of the molecule is O=C(O)CCc1ccc(C(O)C(O)CCO)cc1. The van der Waals surface area contributed by atoms with Crippen molar-refractivity contribution in [2.75, 3.05) is 6.61 Å². The Kier molecular flexibility index (Phi) is 5.77. The average molecular weight is 254 g/mol. The molecule has 1 aromatic rings. The molecule has 5 heteroatoms. The molecule has 0 fully saturated rings. The molecule has 0 heterocycles. The van der Waals surface area contributed by atoms with Crippen LogP contribution in [-0.4, -0.2) is 39.1 Å². The van der Waals surface area contributed by atoms with Crippen LogP contribution < -0.4 is 0 Å². The maximum absolute atomic E-state index is 10.4. The molecule has 0 saturated heterocycles. The van der Waals surface area contributed by atoms with Gasteiger partial charge in [-0.25, -0.2) is 0 Å². The first kappa shape index (κ1) is 14.6. The van der Waals surface area contributed by atoms with Crippen molar-refractivity contribution in [2.24, 2.45) is 0 Å². The van der Waals surface area contributed by atoms with E-state index in [1.165, 1.54) is 0 Å². The van der Waals surface area contributed by atoms with Crippen molar-refractivity contribution < 1.29 is 25.2 Å². The van der Waals surface area contributed by atoms with E-state index in [9.17, 15) is 15.0 Å². The van der Waals surface area contributed by atoms with E-state index in [-0.39, 0.29) is 19.4 Å². The summed E-state index contributed by atoms with van der Waals surface area (Å²) in [4.78, 5) is 10.4. The number of hydrogen-bond donors (Lipinski definition) is 4. The van der Waals surface area contributed by atoms with Gasteiger partial charge in [-0.3, -0.25) is 4.79 Å². The number of carboxylic acids is 1. The van der Waals surface area contributed by atoms with E-state index in [2.05, 4.69) is 0 Å². The highest BCUT2D eigenvalue weighted by Gasteiger charge is 2.17. The van der Waals surface area contributed by atoms with Gasteiger partial charge in [-0.2, -0.15) is 0 Å². The van der Waals surface area contributed by atoms with Gasteiger partial charge in [0.25, 0.3) is 0 Å². The van der Waals surface area contributed by atoms with Crippen molar-refractivity contribution in [3.63, 3.8) is 0 Å². The predicted octanol–water partition coefficient (Wildman–Crippen LogP) is 0.480. The molecule has 0 aliphatic heterocycles. The van der Waals surface area contributed by atoms with Crippen LogP contribution in [0.3, 0.4) is 0 Å². The molecule has 2 unspecified atom stereocenters. The number of carboxylic acid groups (broad SMARTS) is 1. The second-order valence-electron chi connectivity index (χ2n) is 4.16. The number of aryl methyl sites for hydroxylation is 1. The summed E-state index contributed by atoms with van der Waals surface area (Å²) in [6.45, 7) is -0.186. The van der Waals surface area contributed by atoms with Crippen LogP contribution in [-0.2, 0) is 11.2 Å². The van der Waals surface area contributed by atoms with Crippen molar-refractivity contribution in [3.8, 4) is 0 Å². The van der Waals surface area contributed by atoms with Crippen LogP contribution in [0.15, 0.2) is 24.3 Å². The summed E-state index contributed by atoms with van der Waals surface area (Å²) < 4.78 is 0. The van der Waals surface area contributed by atoms with Crippen molar-refractivity contribution >= 4 is 5.97 Å². The molecule has 0 aliphatic rings. The zero-order valence-corrected chi connectivity index (χ0v) is 9.99. The van der Waals surface area contributed by atoms with Gasteiger partial charge in [0.1, 0.15) is 6.10 Å². The van der Waals surface area contributed by atoms with E-state index in [0.29, 0.717) is 12.0 Å². The Labute approximate surface area is 105 Å². The fourth-order valence-electron chi connectivity index (χ4n) is 1.65. The van der Waals surface area contributed by atoms with Gasteiger partial charge in [-0.15, -0.1) is 0 Å². The zero-order chi connectivity index (χ0) is 13.5. The van der Waals surface area contributed by atoms with Gasteiger partial charge in [-0.1, -0.05) is 24.3 Å². The normalized spacial score (nSPS) is 14.2. The number of aliphatic carboxylic acids is 1. The standard InChI is InChI=1S/C13H18O5/c14-8-7-11(15)13(18)10-4-1-9(2-5-10)3-6-12(16)17/h1-2,4-5,11,13-15,18H,3,6-8H2,(H,16,17). The van der Waals surface area contributed by atoms with Crippen LogP contribution in [0.2, 0.25) is 0 Å². The van der Waals surface area contributed by atoms with E-state index in [1.807, 2.05) is 0 Å². The molecule has 5 nitrogen and oxygen atoms in total. The van der Waals surface area contributed by atoms with Crippen molar-refractivity contribution in [1.82, 2.24) is 0 Å². The first-order valence-corrected chi connectivity index (χ1v) is 5.82. The summed E-state index contributed by atoms with van der Waals surface area (Å²) in [6, 6.07) is 6.77. The molecule has 2 atom stereocenters. The lowest BCUT2D eigenvalue weighted by molar-refractivity contribution is -0.136. The van der Waals surface area contributed by atoms with Gasteiger partial charge < -0.3 is 20.4 Å². The number of rotatable bonds is 7. The second kappa shape index (κ2) is 7.10. The zero-order valence-electron chi connectivity index (χ0n) is 9.99. The maximum Gasteiger partial charge on any atom is 0.303 e. The van der Waals surface area contributed by atoms with Gasteiger partial charge in [-0.05, 0) is 24.0 Å². The molecule has 0 saturated carbocycles. The Hall–Kier alpha value is -1.43. The third kappa shape index (κ3) is 4.44. The summed E-state index contributed by atoms with van der Waals surface area (Å²) in [5.74, 6) is -0.850. The van der Waals surface area contributed by atoms with E-state index in [0.717, 1.165) is 5.56 Å². The van der Waals surface area contributed by atoms with Crippen LogP contribution in [0.4, 0.5) is 0 Å². The summed E-state index contributed by atoms with van der Waals surface area (Å²) in [5.41, 5.74) is 1.42. The fraction of sp³-hybridized carbons (Fsp3) is 0.462. The monoisotopic (exact) mass is 254 g/mol. The fourth-order valence-corrected chi connectivity index (χ4v) is 1.65. The van der Waals surface area contributed by atoms with Gasteiger partial charge >= 0.3 is 5.97 Å². The highest BCUT2D eigenvalue weighted by atomic mass is 16.4. The van der Waals surface area contributed by atoms with Crippen LogP contribution >= 0.6 is 0 Å². The summed E-state index contributed by atoms with van der Waals surface area (Å²) >= 11 is 0. The molecular weight excluding hydrogens is 236 g/mol. The number of aliphatic hydroxyl groups is 3. The lowest BCUT2D eigenvalue weighted by atomic mass is 10.00. The Morgan fingerprint density at radius 2 is 1.78 bits per heavy atom. The van der Waals surface area contributed by atoms with Gasteiger partial charge in [0.2, 0.25) is 0 Å². The molecule has 0 aliphatic carbocycles. The highest BCUT2D eigenvalue weighted by molar-refractivity contribution is 5.67. The van der Waals surface area contributed by atoms with Gasteiger partial charge in [0.15, 0.2) is 0 Å². The number of aliphatic hydroxyl groups excluding tert-OH is 3. The summed E-state index contributed by atoms with van der Waals surface area (Å²) in [5, 5.41) is 36.5. The highest BCUT2D eigenvalue weighted by Crippen LogP contribution is 2.19. The molecular formula is C13H18O5. The van der Waals surface area contributed by atoms with Gasteiger partial charge in [0, 0.05) is 13.0 Å². The molecule has 1 rings (SSSR count). The Balaban J connectivity index is 2.61. The Bertz CT molecular complexity index is 373. The van der Waals surface area contributed by atoms with Crippen LogP contribution in [0, 0.1) is 0 Å². The molecule has 18 heavy (non-hydrogen) atoms. The van der Waals surface area contributed by atoms with Gasteiger partial charge in [0.05, 0.1) is 6.10 Å². The van der Waals surface area contributed by atoms with E-state index in [1.54, 1.807) is 24.3 Å². The predicted molar refractivity (Wildman–Crippen MR) is 65.1 cm³/mol. The quantitative estimate of drug-likeness (QED) is 0.567. The lowest BCUT2D eigenvalue weighted by Gasteiger charge is -2.17. The number of carbonyl (C=O) groups is 1. The molecule has 0 bridgehead atoms. The Morgan fingerprint density at radius 3 is 2.28 bits per heavy atom. The first-order valence-electron chi connectivity index (χ1n) is 5.82.